The van der Waals surface area contributed by atoms with E-state index in [4.69, 9.17) is 0 Å². The molecular formula is C19H13F3N4OS. The van der Waals surface area contributed by atoms with Gasteiger partial charge in [-0.2, -0.15) is 18.3 Å². The molecule has 28 heavy (non-hydrogen) atoms. The number of benzene rings is 2. The van der Waals surface area contributed by atoms with Crippen LogP contribution in [0.25, 0.3) is 15.3 Å². The van der Waals surface area contributed by atoms with Crippen molar-refractivity contribution in [3.8, 4) is 5.13 Å². The van der Waals surface area contributed by atoms with Crippen LogP contribution in [0.2, 0.25) is 0 Å². The average Bonchev–Trinajstić information content (AvgIpc) is 3.27. The van der Waals surface area contributed by atoms with Gasteiger partial charge in [-0.3, -0.25) is 4.79 Å². The molecule has 0 saturated carbocycles. The van der Waals surface area contributed by atoms with Gasteiger partial charge in [0.2, 0.25) is 11.0 Å². The van der Waals surface area contributed by atoms with Crippen LogP contribution < -0.4 is 5.32 Å². The molecule has 0 unspecified atom stereocenters. The van der Waals surface area contributed by atoms with Crippen molar-refractivity contribution in [3.05, 3.63) is 72.1 Å². The number of hydrogen-bond donors (Lipinski definition) is 1. The Kier molecular flexibility index (Phi) is 4.60. The summed E-state index contributed by atoms with van der Waals surface area (Å²) in [6.45, 7) is 0. The molecule has 0 saturated heterocycles. The van der Waals surface area contributed by atoms with E-state index in [2.05, 4.69) is 15.4 Å². The SMILES string of the molecule is O=C(Cc1ccccc1C(F)(F)F)Nc1cnn(-c2nc3ccccc3s2)c1. The molecule has 0 aliphatic heterocycles. The van der Waals surface area contributed by atoms with Gasteiger partial charge in [0, 0.05) is 0 Å². The summed E-state index contributed by atoms with van der Waals surface area (Å²) in [6, 6.07) is 12.7. The second kappa shape index (κ2) is 7.08. The van der Waals surface area contributed by atoms with Crippen LogP contribution in [0.4, 0.5) is 18.9 Å². The molecule has 0 aliphatic rings. The second-order valence-electron chi connectivity index (χ2n) is 6.02. The monoisotopic (exact) mass is 402 g/mol. The molecule has 4 aromatic rings. The van der Waals surface area contributed by atoms with Crippen molar-refractivity contribution in [2.75, 3.05) is 5.32 Å². The number of carbonyl (C=O) groups excluding carboxylic acids is 1. The highest BCUT2D eigenvalue weighted by Crippen LogP contribution is 2.32. The number of anilines is 1. The van der Waals surface area contributed by atoms with Gasteiger partial charge in [0.05, 0.1) is 40.3 Å². The number of amides is 1. The van der Waals surface area contributed by atoms with E-state index < -0.39 is 17.6 Å². The predicted octanol–water partition coefficient (Wildman–Crippen LogP) is 4.68. The summed E-state index contributed by atoms with van der Waals surface area (Å²) in [6.07, 6.45) is -1.89. The van der Waals surface area contributed by atoms with Crippen molar-refractivity contribution in [3.63, 3.8) is 0 Å². The zero-order valence-corrected chi connectivity index (χ0v) is 15.1. The van der Waals surface area contributed by atoms with Crippen LogP contribution in [0.1, 0.15) is 11.1 Å². The van der Waals surface area contributed by atoms with E-state index in [0.717, 1.165) is 16.3 Å². The van der Waals surface area contributed by atoms with Gasteiger partial charge in [0.15, 0.2) is 0 Å². The number of aromatic nitrogens is 3. The first kappa shape index (κ1) is 18.2. The fourth-order valence-electron chi connectivity index (χ4n) is 2.78. The number of rotatable bonds is 4. The van der Waals surface area contributed by atoms with Crippen LogP contribution in [0.15, 0.2) is 60.9 Å². The Morgan fingerprint density at radius 3 is 2.64 bits per heavy atom. The summed E-state index contributed by atoms with van der Waals surface area (Å²) in [5, 5.41) is 7.38. The van der Waals surface area contributed by atoms with Crippen LogP contribution in [0, 0.1) is 0 Å². The maximum Gasteiger partial charge on any atom is 0.416 e. The highest BCUT2D eigenvalue weighted by atomic mass is 32.1. The fraction of sp³-hybridized carbons (Fsp3) is 0.105. The van der Waals surface area contributed by atoms with Crippen LogP contribution in [0.3, 0.4) is 0 Å². The first-order valence-electron chi connectivity index (χ1n) is 8.26. The van der Waals surface area contributed by atoms with Crippen molar-refractivity contribution in [1.29, 1.82) is 0 Å². The van der Waals surface area contributed by atoms with Crippen LogP contribution in [-0.4, -0.2) is 20.7 Å². The van der Waals surface area contributed by atoms with Crippen molar-refractivity contribution in [2.24, 2.45) is 0 Å². The second-order valence-corrected chi connectivity index (χ2v) is 7.03. The summed E-state index contributed by atoms with van der Waals surface area (Å²) < 4.78 is 41.7. The minimum Gasteiger partial charge on any atom is -0.323 e. The number of nitrogens with zero attached hydrogens (tertiary/aromatic N) is 3. The van der Waals surface area contributed by atoms with Crippen molar-refractivity contribution >= 4 is 33.1 Å². The van der Waals surface area contributed by atoms with Gasteiger partial charge in [0.1, 0.15) is 0 Å². The third-order valence-electron chi connectivity index (χ3n) is 4.02. The van der Waals surface area contributed by atoms with E-state index in [-0.39, 0.29) is 12.0 Å². The Labute approximate surface area is 161 Å². The van der Waals surface area contributed by atoms with Gasteiger partial charge in [-0.25, -0.2) is 9.67 Å². The van der Waals surface area contributed by atoms with E-state index in [1.54, 1.807) is 6.20 Å². The van der Waals surface area contributed by atoms with E-state index in [1.807, 2.05) is 24.3 Å². The minimum atomic E-state index is -4.51. The fourth-order valence-corrected chi connectivity index (χ4v) is 3.68. The number of nitrogens with one attached hydrogen (secondary N) is 1. The molecule has 0 spiro atoms. The quantitative estimate of drug-likeness (QED) is 0.539. The lowest BCUT2D eigenvalue weighted by molar-refractivity contribution is -0.138. The topological polar surface area (TPSA) is 59.8 Å². The zero-order chi connectivity index (χ0) is 19.7. The minimum absolute atomic E-state index is 0.0777. The molecule has 2 aromatic carbocycles. The molecule has 0 bridgehead atoms. The molecule has 142 valence electrons. The highest BCUT2D eigenvalue weighted by molar-refractivity contribution is 7.20. The molecule has 1 N–H and O–H groups in total. The smallest absolute Gasteiger partial charge is 0.323 e. The maximum absolute atomic E-state index is 13.1. The van der Waals surface area contributed by atoms with Gasteiger partial charge in [0.25, 0.3) is 0 Å². The highest BCUT2D eigenvalue weighted by Gasteiger charge is 2.33. The Bertz CT molecular complexity index is 1120. The molecule has 5 nitrogen and oxygen atoms in total. The van der Waals surface area contributed by atoms with Crippen LogP contribution in [-0.2, 0) is 17.4 Å². The lowest BCUT2D eigenvalue weighted by Crippen LogP contribution is -2.17. The van der Waals surface area contributed by atoms with Gasteiger partial charge < -0.3 is 5.32 Å². The van der Waals surface area contributed by atoms with Gasteiger partial charge in [-0.15, -0.1) is 0 Å². The summed E-state index contributed by atoms with van der Waals surface area (Å²) in [5.41, 5.74) is 0.336. The van der Waals surface area contributed by atoms with Gasteiger partial charge in [-0.1, -0.05) is 41.7 Å². The number of halogens is 3. The molecule has 0 atom stereocenters. The number of hydrogen-bond acceptors (Lipinski definition) is 4. The summed E-state index contributed by atoms with van der Waals surface area (Å²) >= 11 is 1.44. The van der Waals surface area contributed by atoms with Crippen molar-refractivity contribution in [1.82, 2.24) is 14.8 Å². The van der Waals surface area contributed by atoms with Crippen LogP contribution in [0.5, 0.6) is 0 Å². The van der Waals surface area contributed by atoms with Crippen molar-refractivity contribution in [2.45, 2.75) is 12.6 Å². The lowest BCUT2D eigenvalue weighted by atomic mass is 10.0. The van der Waals surface area contributed by atoms with E-state index in [9.17, 15) is 18.0 Å². The summed E-state index contributed by atoms with van der Waals surface area (Å²) in [7, 11) is 0. The third kappa shape index (κ3) is 3.74. The van der Waals surface area contributed by atoms with Gasteiger partial charge >= 0.3 is 6.18 Å². The molecule has 0 radical (unpaired) electrons. The normalized spacial score (nSPS) is 11.7. The first-order valence-corrected chi connectivity index (χ1v) is 9.07. The number of carbonyl (C=O) groups is 1. The zero-order valence-electron chi connectivity index (χ0n) is 14.3. The maximum atomic E-state index is 13.1. The third-order valence-corrected chi connectivity index (χ3v) is 5.04. The average molecular weight is 402 g/mol. The predicted molar refractivity (Wildman–Crippen MR) is 101 cm³/mol. The number of para-hydroxylation sites is 1. The van der Waals surface area contributed by atoms with E-state index in [0.29, 0.717) is 10.8 Å². The van der Waals surface area contributed by atoms with Crippen molar-refractivity contribution < 1.29 is 18.0 Å². The van der Waals surface area contributed by atoms with E-state index >= 15 is 0 Å². The largest absolute Gasteiger partial charge is 0.416 e. The van der Waals surface area contributed by atoms with Gasteiger partial charge in [-0.05, 0) is 23.8 Å². The summed E-state index contributed by atoms with van der Waals surface area (Å²) in [5.74, 6) is -0.555. The Morgan fingerprint density at radius 1 is 1.11 bits per heavy atom. The number of alkyl halides is 3. The first-order chi connectivity index (χ1) is 13.4. The van der Waals surface area contributed by atoms with E-state index in [1.165, 1.54) is 40.4 Å². The molecule has 9 heteroatoms. The molecule has 2 heterocycles. The molecule has 2 aromatic heterocycles. The Balaban J connectivity index is 1.49. The summed E-state index contributed by atoms with van der Waals surface area (Å²) in [4.78, 5) is 16.7. The molecule has 4 rings (SSSR count). The standard InChI is InChI=1S/C19H13F3N4OS/c20-19(21,22)14-6-2-1-5-12(14)9-17(27)24-13-10-23-26(11-13)18-25-15-7-3-4-8-16(15)28-18/h1-8,10-11H,9H2,(H,24,27). The number of thiazole rings is 1. The Morgan fingerprint density at radius 2 is 1.86 bits per heavy atom. The molecule has 1 amide bonds. The molecule has 0 aliphatic carbocycles. The molecular weight excluding hydrogens is 389 g/mol. The Hall–Kier alpha value is -3.20. The molecule has 0 fully saturated rings. The lowest BCUT2D eigenvalue weighted by Gasteiger charge is -2.12. The number of fused-ring (bicyclic) bond motifs is 1. The van der Waals surface area contributed by atoms with Crippen LogP contribution >= 0.6 is 11.3 Å².